The molecule has 2 heterocycles. The minimum atomic E-state index is -0.0377. The number of nitrogens with one attached hydrogen (secondary N) is 1. The first-order valence-corrected chi connectivity index (χ1v) is 7.76. The molecule has 2 aromatic carbocycles. The number of nitrogens with zero attached hydrogens (tertiary/aromatic N) is 2. The Bertz CT molecular complexity index is 707. The monoisotopic (exact) mass is 292 g/mol. The van der Waals surface area contributed by atoms with E-state index in [1.165, 1.54) is 0 Å². The molecule has 0 saturated carbocycles. The van der Waals surface area contributed by atoms with E-state index in [2.05, 4.69) is 22.8 Å². The molecule has 1 saturated heterocycles. The van der Waals surface area contributed by atoms with E-state index in [0.29, 0.717) is 0 Å². The van der Waals surface area contributed by atoms with Crippen molar-refractivity contribution in [2.24, 2.45) is 0 Å². The Morgan fingerprint density at radius 2 is 1.64 bits per heavy atom. The second-order valence-electron chi connectivity index (χ2n) is 5.76. The van der Waals surface area contributed by atoms with Crippen LogP contribution in [0.3, 0.4) is 0 Å². The summed E-state index contributed by atoms with van der Waals surface area (Å²) in [6.07, 6.45) is 1.86. The summed E-state index contributed by atoms with van der Waals surface area (Å²) >= 11 is 0. The summed E-state index contributed by atoms with van der Waals surface area (Å²) in [5.74, 6) is 0. The second kappa shape index (κ2) is 5.46. The average molecular weight is 292 g/mol. The van der Waals surface area contributed by atoms with Gasteiger partial charge in [0.1, 0.15) is 0 Å². The van der Waals surface area contributed by atoms with Crippen LogP contribution in [0.15, 0.2) is 48.5 Å². The number of piperidine rings is 1. The van der Waals surface area contributed by atoms with E-state index >= 15 is 0 Å². The van der Waals surface area contributed by atoms with Crippen molar-refractivity contribution in [3.05, 3.63) is 48.5 Å². The number of carbonyl (C=O) groups is 1. The van der Waals surface area contributed by atoms with Crippen molar-refractivity contribution in [1.82, 2.24) is 5.32 Å². The minimum absolute atomic E-state index is 0.0377. The van der Waals surface area contributed by atoms with Gasteiger partial charge in [0.15, 0.2) is 0 Å². The molecule has 1 fully saturated rings. The van der Waals surface area contributed by atoms with Gasteiger partial charge in [0.2, 0.25) is 0 Å². The maximum Gasteiger partial charge on any atom is 0.326 e. The summed E-state index contributed by atoms with van der Waals surface area (Å²) in [6.45, 7) is 1.67. The van der Waals surface area contributed by atoms with Crippen LogP contribution in [0.4, 0.5) is 16.2 Å². The fraction of sp³-hybridized carbons (Fsp3) is 0.278. The average Bonchev–Trinajstić information content (AvgIpc) is 2.69. The molecular weight excluding hydrogens is 274 g/mol. The van der Waals surface area contributed by atoms with Gasteiger partial charge in [0, 0.05) is 30.3 Å². The van der Waals surface area contributed by atoms with E-state index in [0.717, 1.165) is 48.4 Å². The fourth-order valence-electron chi connectivity index (χ4n) is 3.38. The van der Waals surface area contributed by atoms with Gasteiger partial charge in [-0.2, -0.15) is 0 Å². The molecule has 4 nitrogen and oxygen atoms in total. The van der Waals surface area contributed by atoms with Crippen LogP contribution >= 0.6 is 0 Å². The zero-order valence-corrected chi connectivity index (χ0v) is 12.3. The van der Waals surface area contributed by atoms with Crippen LogP contribution in [0.2, 0.25) is 0 Å². The van der Waals surface area contributed by atoms with Crippen LogP contribution in [-0.4, -0.2) is 25.2 Å². The van der Waals surface area contributed by atoms with Gasteiger partial charge in [-0.1, -0.05) is 36.4 Å². The van der Waals surface area contributed by atoms with Crippen LogP contribution in [0, 0.1) is 0 Å². The molecule has 4 rings (SSSR count). The van der Waals surface area contributed by atoms with E-state index < -0.39 is 0 Å². The van der Waals surface area contributed by atoms with Crippen LogP contribution < -0.4 is 15.5 Å². The third kappa shape index (κ3) is 2.16. The van der Waals surface area contributed by atoms with Gasteiger partial charge < -0.3 is 5.32 Å². The van der Waals surface area contributed by atoms with Crippen molar-refractivity contribution >= 4 is 17.4 Å². The Morgan fingerprint density at radius 1 is 0.955 bits per heavy atom. The molecule has 1 N–H and O–H groups in total. The Hall–Kier alpha value is -2.33. The number of hydrogen-bond acceptors (Lipinski definition) is 1. The lowest BCUT2D eigenvalue weighted by Gasteiger charge is -2.34. The lowest BCUT2D eigenvalue weighted by Crippen LogP contribution is -2.46. The molecule has 111 valence electrons. The van der Waals surface area contributed by atoms with Crippen LogP contribution in [0.5, 0.6) is 0 Å². The molecule has 0 atom stereocenters. The SMILES string of the molecule is O=C1Nc2ccccc2-c2ccccc2N1C1CC[N]CC1. The fourth-order valence-corrected chi connectivity index (χ4v) is 3.38. The molecule has 0 spiro atoms. The molecule has 1 radical (unpaired) electrons. The quantitative estimate of drug-likeness (QED) is 0.859. The molecule has 0 unspecified atom stereocenters. The van der Waals surface area contributed by atoms with E-state index in [4.69, 9.17) is 0 Å². The maximum absolute atomic E-state index is 12.8. The normalized spacial score (nSPS) is 18.2. The summed E-state index contributed by atoms with van der Waals surface area (Å²) in [4.78, 5) is 14.8. The number of amides is 2. The van der Waals surface area contributed by atoms with Gasteiger partial charge in [0.05, 0.1) is 11.4 Å². The largest absolute Gasteiger partial charge is 0.326 e. The number of fused-ring (bicyclic) bond motifs is 3. The molecule has 2 aliphatic heterocycles. The molecule has 4 heteroatoms. The third-order valence-corrected chi connectivity index (χ3v) is 4.45. The van der Waals surface area contributed by atoms with Crippen LogP contribution in [-0.2, 0) is 0 Å². The van der Waals surface area contributed by atoms with Gasteiger partial charge in [-0.15, -0.1) is 0 Å². The summed E-state index contributed by atoms with van der Waals surface area (Å²) in [7, 11) is 0. The van der Waals surface area contributed by atoms with Crippen molar-refractivity contribution in [3.63, 3.8) is 0 Å². The first-order chi connectivity index (χ1) is 10.8. The summed E-state index contributed by atoms with van der Waals surface area (Å²) in [5, 5.41) is 7.48. The summed E-state index contributed by atoms with van der Waals surface area (Å²) < 4.78 is 0. The Balaban J connectivity index is 1.86. The standard InChI is InChI=1S/C18H18N3O/c22-18-20-16-7-3-1-5-14(16)15-6-2-4-8-17(15)21(18)13-9-11-19-12-10-13/h1-8,13H,9-12H2,(H,20,22). The topological polar surface area (TPSA) is 46.4 Å². The van der Waals surface area contributed by atoms with Crippen LogP contribution in [0.1, 0.15) is 12.8 Å². The highest BCUT2D eigenvalue weighted by Crippen LogP contribution is 2.40. The predicted molar refractivity (Wildman–Crippen MR) is 88.3 cm³/mol. The zero-order valence-electron chi connectivity index (χ0n) is 12.3. The molecule has 0 aromatic heterocycles. The molecule has 0 aliphatic carbocycles. The highest BCUT2D eigenvalue weighted by molar-refractivity contribution is 6.10. The third-order valence-electron chi connectivity index (χ3n) is 4.45. The highest BCUT2D eigenvalue weighted by Gasteiger charge is 2.31. The molecule has 0 bridgehead atoms. The molecule has 22 heavy (non-hydrogen) atoms. The Morgan fingerprint density at radius 3 is 2.45 bits per heavy atom. The lowest BCUT2D eigenvalue weighted by atomic mass is 9.99. The number of anilines is 2. The number of rotatable bonds is 1. The first-order valence-electron chi connectivity index (χ1n) is 7.76. The summed E-state index contributed by atoms with van der Waals surface area (Å²) in [6, 6.07) is 16.3. The minimum Gasteiger partial charge on any atom is -0.307 e. The summed E-state index contributed by atoms with van der Waals surface area (Å²) in [5.41, 5.74) is 4.06. The van der Waals surface area contributed by atoms with Gasteiger partial charge >= 0.3 is 6.03 Å². The van der Waals surface area contributed by atoms with Crippen molar-refractivity contribution in [3.8, 4) is 11.1 Å². The van der Waals surface area contributed by atoms with Gasteiger partial charge in [-0.3, -0.25) is 4.90 Å². The maximum atomic E-state index is 12.8. The van der Waals surface area contributed by atoms with Crippen molar-refractivity contribution in [2.75, 3.05) is 23.3 Å². The van der Waals surface area contributed by atoms with Crippen LogP contribution in [0.25, 0.3) is 11.1 Å². The lowest BCUT2D eigenvalue weighted by molar-refractivity contribution is 0.252. The number of hydrogen-bond donors (Lipinski definition) is 1. The van der Waals surface area contributed by atoms with E-state index in [-0.39, 0.29) is 12.1 Å². The van der Waals surface area contributed by atoms with E-state index in [1.807, 2.05) is 41.3 Å². The highest BCUT2D eigenvalue weighted by atomic mass is 16.2. The number of para-hydroxylation sites is 2. The van der Waals surface area contributed by atoms with Crippen molar-refractivity contribution < 1.29 is 4.79 Å². The molecular formula is C18H18N3O. The smallest absolute Gasteiger partial charge is 0.307 e. The second-order valence-corrected chi connectivity index (χ2v) is 5.76. The number of carbonyl (C=O) groups excluding carboxylic acids is 1. The van der Waals surface area contributed by atoms with Crippen molar-refractivity contribution in [1.29, 1.82) is 0 Å². The van der Waals surface area contributed by atoms with Gasteiger partial charge in [-0.05, 0) is 25.0 Å². The van der Waals surface area contributed by atoms with Gasteiger partial charge in [0.25, 0.3) is 0 Å². The predicted octanol–water partition coefficient (Wildman–Crippen LogP) is 3.47. The molecule has 2 aromatic rings. The zero-order chi connectivity index (χ0) is 14.9. The van der Waals surface area contributed by atoms with E-state index in [9.17, 15) is 4.79 Å². The van der Waals surface area contributed by atoms with Gasteiger partial charge in [-0.25, -0.2) is 10.1 Å². The van der Waals surface area contributed by atoms with Crippen molar-refractivity contribution in [2.45, 2.75) is 18.9 Å². The van der Waals surface area contributed by atoms with E-state index in [1.54, 1.807) is 0 Å². The number of urea groups is 1. The number of benzene rings is 2. The molecule has 2 aliphatic rings. The Labute approximate surface area is 130 Å². The molecule has 2 amide bonds. The Kier molecular flexibility index (Phi) is 3.31. The first kappa shape index (κ1) is 13.3.